The third kappa shape index (κ3) is 11.5. The summed E-state index contributed by atoms with van der Waals surface area (Å²) in [6, 6.07) is 14.5. The van der Waals surface area contributed by atoms with Crippen LogP contribution < -0.4 is 0 Å². The number of hydrogen-bond acceptors (Lipinski definition) is 7. The number of benzene rings is 2. The summed E-state index contributed by atoms with van der Waals surface area (Å²) >= 11 is 0. The minimum absolute atomic E-state index is 0.222. The van der Waals surface area contributed by atoms with Crippen molar-refractivity contribution in [3.8, 4) is 0 Å². The van der Waals surface area contributed by atoms with Crippen LogP contribution in [0.15, 0.2) is 42.5 Å². The number of carbonyl (C=O) groups is 3. The van der Waals surface area contributed by atoms with E-state index in [0.29, 0.717) is 32.7 Å². The summed E-state index contributed by atoms with van der Waals surface area (Å²) in [6.45, 7) is 19.9. The van der Waals surface area contributed by atoms with E-state index in [0.717, 1.165) is 5.39 Å². The van der Waals surface area contributed by atoms with E-state index in [2.05, 4.69) is 35.2 Å². The molecule has 1 heterocycles. The molecule has 0 saturated carbocycles. The molecule has 3 rings (SSSR count). The van der Waals surface area contributed by atoms with Gasteiger partial charge in [-0.1, -0.05) is 42.5 Å². The second kappa shape index (κ2) is 14.5. The highest BCUT2D eigenvalue weighted by molar-refractivity contribution is 5.85. The molecule has 2 aromatic carbocycles. The van der Waals surface area contributed by atoms with Crippen molar-refractivity contribution in [3.63, 3.8) is 0 Å². The zero-order valence-electron chi connectivity index (χ0n) is 28.1. The van der Waals surface area contributed by atoms with E-state index >= 15 is 0 Å². The Morgan fingerprint density at radius 1 is 0.545 bits per heavy atom. The molecule has 2 aromatic rings. The predicted molar refractivity (Wildman–Crippen MR) is 173 cm³/mol. The SMILES string of the molecule is CC(C)(C)OC(=O)N1CCN(Cc2cccc3ccccc23)CCN(C(=O)OC(C)(C)C)CCN(C(=O)OC(C)(C)C)CC1. The Morgan fingerprint density at radius 3 is 1.32 bits per heavy atom. The van der Waals surface area contributed by atoms with Gasteiger partial charge in [0.25, 0.3) is 0 Å². The highest BCUT2D eigenvalue weighted by Crippen LogP contribution is 2.21. The van der Waals surface area contributed by atoms with Crippen molar-refractivity contribution in [2.45, 2.75) is 85.7 Å². The molecular weight excluding hydrogens is 560 g/mol. The first-order valence-corrected chi connectivity index (χ1v) is 15.5. The first-order chi connectivity index (χ1) is 20.4. The average molecular weight is 613 g/mol. The normalized spacial score (nSPS) is 16.6. The number of fused-ring (bicyclic) bond motifs is 1. The minimum atomic E-state index is -0.696. The molecule has 0 unspecified atom stereocenters. The molecule has 0 aliphatic carbocycles. The van der Waals surface area contributed by atoms with Gasteiger partial charge in [-0.3, -0.25) is 4.90 Å². The monoisotopic (exact) mass is 612 g/mol. The molecular formula is C34H52N4O6. The average Bonchev–Trinajstić information content (AvgIpc) is 2.87. The Kier molecular flexibility index (Phi) is 11.5. The Bertz CT molecular complexity index is 1230. The third-order valence-corrected chi connectivity index (χ3v) is 6.88. The van der Waals surface area contributed by atoms with Gasteiger partial charge >= 0.3 is 18.3 Å². The molecule has 3 amide bonds. The standard InChI is InChI=1S/C34H52N4O6/c1-32(2,3)42-29(39)36-19-17-35(25-27-15-12-14-26-13-10-11-16-28(26)27)18-20-37(30(40)43-33(4,5)6)22-24-38(23-21-36)31(41)44-34(7,8)9/h10-16H,17-25H2,1-9H3. The van der Waals surface area contributed by atoms with E-state index in [1.807, 2.05) is 74.4 Å². The van der Waals surface area contributed by atoms with Gasteiger partial charge in [-0.05, 0) is 78.6 Å². The van der Waals surface area contributed by atoms with Crippen molar-refractivity contribution in [1.29, 1.82) is 0 Å². The summed E-state index contributed by atoms with van der Waals surface area (Å²) < 4.78 is 17.2. The quantitative estimate of drug-likeness (QED) is 0.364. The first kappa shape index (κ1) is 35.0. The van der Waals surface area contributed by atoms with Gasteiger partial charge in [0.2, 0.25) is 0 Å². The summed E-state index contributed by atoms with van der Waals surface area (Å²) in [5.74, 6) is 0. The second-order valence-electron chi connectivity index (χ2n) is 14.3. The summed E-state index contributed by atoms with van der Waals surface area (Å²) in [5, 5.41) is 2.33. The molecule has 1 aliphatic heterocycles. The Labute approximate surface area is 263 Å². The van der Waals surface area contributed by atoms with Gasteiger partial charge in [0.05, 0.1) is 0 Å². The van der Waals surface area contributed by atoms with Gasteiger partial charge < -0.3 is 28.9 Å². The molecule has 1 saturated heterocycles. The molecule has 0 N–H and O–H groups in total. The van der Waals surface area contributed by atoms with E-state index < -0.39 is 35.1 Å². The van der Waals surface area contributed by atoms with Crippen LogP contribution in [0.25, 0.3) is 10.8 Å². The maximum absolute atomic E-state index is 13.3. The molecule has 244 valence electrons. The van der Waals surface area contributed by atoms with Crippen molar-refractivity contribution in [1.82, 2.24) is 19.6 Å². The number of hydrogen-bond donors (Lipinski definition) is 0. The molecule has 10 nitrogen and oxygen atoms in total. The molecule has 0 radical (unpaired) electrons. The second-order valence-corrected chi connectivity index (χ2v) is 14.3. The lowest BCUT2D eigenvalue weighted by atomic mass is 10.0. The van der Waals surface area contributed by atoms with Gasteiger partial charge in [-0.2, -0.15) is 0 Å². The molecule has 0 bridgehead atoms. The number of rotatable bonds is 2. The lowest BCUT2D eigenvalue weighted by Crippen LogP contribution is -2.51. The van der Waals surface area contributed by atoms with Crippen LogP contribution in [-0.2, 0) is 20.8 Å². The van der Waals surface area contributed by atoms with Gasteiger partial charge in [0.1, 0.15) is 16.8 Å². The zero-order chi connectivity index (χ0) is 32.7. The lowest BCUT2D eigenvalue weighted by Gasteiger charge is -2.36. The van der Waals surface area contributed by atoms with Crippen molar-refractivity contribution >= 4 is 29.1 Å². The molecule has 1 fully saturated rings. The van der Waals surface area contributed by atoms with Crippen LogP contribution in [-0.4, -0.2) is 107 Å². The van der Waals surface area contributed by atoms with E-state index in [4.69, 9.17) is 14.2 Å². The number of carbonyl (C=O) groups excluding carboxylic acids is 3. The first-order valence-electron chi connectivity index (χ1n) is 15.5. The summed E-state index contributed by atoms with van der Waals surface area (Å²) in [7, 11) is 0. The molecule has 1 aliphatic rings. The largest absolute Gasteiger partial charge is 0.444 e. The molecule has 10 heteroatoms. The highest BCUT2D eigenvalue weighted by Gasteiger charge is 2.29. The predicted octanol–water partition coefficient (Wildman–Crippen LogP) is 6.37. The summed E-state index contributed by atoms with van der Waals surface area (Å²) in [6.07, 6.45) is -1.36. The third-order valence-electron chi connectivity index (χ3n) is 6.88. The van der Waals surface area contributed by atoms with Crippen LogP contribution in [0.4, 0.5) is 14.4 Å². The number of ether oxygens (including phenoxy) is 3. The molecule has 0 atom stereocenters. The van der Waals surface area contributed by atoms with Crippen molar-refractivity contribution in [2.24, 2.45) is 0 Å². The van der Waals surface area contributed by atoms with Gasteiger partial charge in [-0.25, -0.2) is 14.4 Å². The minimum Gasteiger partial charge on any atom is -0.444 e. The van der Waals surface area contributed by atoms with E-state index in [-0.39, 0.29) is 26.2 Å². The fraction of sp³-hybridized carbons (Fsp3) is 0.618. The fourth-order valence-corrected chi connectivity index (χ4v) is 4.81. The van der Waals surface area contributed by atoms with Crippen LogP contribution in [0.2, 0.25) is 0 Å². The van der Waals surface area contributed by atoms with Crippen molar-refractivity contribution < 1.29 is 28.6 Å². The van der Waals surface area contributed by atoms with Crippen LogP contribution in [0.5, 0.6) is 0 Å². The van der Waals surface area contributed by atoms with Crippen LogP contribution in [0.1, 0.15) is 67.9 Å². The lowest BCUT2D eigenvalue weighted by molar-refractivity contribution is 0.00450. The van der Waals surface area contributed by atoms with Gasteiger partial charge in [0, 0.05) is 58.9 Å². The van der Waals surface area contributed by atoms with Crippen LogP contribution in [0.3, 0.4) is 0 Å². The Balaban J connectivity index is 1.93. The fourth-order valence-electron chi connectivity index (χ4n) is 4.81. The van der Waals surface area contributed by atoms with E-state index in [1.54, 1.807) is 14.7 Å². The molecule has 0 spiro atoms. The van der Waals surface area contributed by atoms with Crippen LogP contribution in [0, 0.1) is 0 Å². The number of amides is 3. The number of nitrogens with zero attached hydrogens (tertiary/aromatic N) is 4. The summed E-state index contributed by atoms with van der Waals surface area (Å²) in [4.78, 5) is 47.0. The highest BCUT2D eigenvalue weighted by atomic mass is 16.6. The molecule has 0 aromatic heterocycles. The van der Waals surface area contributed by atoms with Crippen molar-refractivity contribution in [3.05, 3.63) is 48.0 Å². The Morgan fingerprint density at radius 2 is 0.909 bits per heavy atom. The maximum Gasteiger partial charge on any atom is 0.410 e. The summed E-state index contributed by atoms with van der Waals surface area (Å²) in [5.41, 5.74) is -0.859. The van der Waals surface area contributed by atoms with E-state index in [9.17, 15) is 14.4 Å². The smallest absolute Gasteiger partial charge is 0.410 e. The van der Waals surface area contributed by atoms with Crippen molar-refractivity contribution in [2.75, 3.05) is 52.4 Å². The Hall–Kier alpha value is -3.53. The van der Waals surface area contributed by atoms with Gasteiger partial charge in [-0.15, -0.1) is 0 Å². The zero-order valence-corrected chi connectivity index (χ0v) is 28.1. The maximum atomic E-state index is 13.3. The van der Waals surface area contributed by atoms with Crippen LogP contribution >= 0.6 is 0 Å². The topological polar surface area (TPSA) is 91.9 Å². The van der Waals surface area contributed by atoms with E-state index in [1.165, 1.54) is 10.9 Å². The molecule has 44 heavy (non-hydrogen) atoms. The van der Waals surface area contributed by atoms with Gasteiger partial charge in [0.15, 0.2) is 0 Å².